The Morgan fingerprint density at radius 3 is 2.57 bits per heavy atom. The average molecular weight is 312 g/mol. The van der Waals surface area contributed by atoms with Crippen LogP contribution in [0.25, 0.3) is 0 Å². The van der Waals surface area contributed by atoms with Gasteiger partial charge in [-0.1, -0.05) is 17.7 Å². The van der Waals surface area contributed by atoms with E-state index in [1.54, 1.807) is 10.4 Å². The molecular formula is C15H24N2O3S. The Labute approximate surface area is 127 Å². The second-order valence-electron chi connectivity index (χ2n) is 5.59. The third kappa shape index (κ3) is 3.83. The minimum atomic E-state index is -3.43. The highest BCUT2D eigenvalue weighted by Crippen LogP contribution is 2.22. The third-order valence-electron chi connectivity index (χ3n) is 3.91. The van der Waals surface area contributed by atoms with Crippen molar-refractivity contribution in [2.75, 3.05) is 39.3 Å². The predicted octanol–water partition coefficient (Wildman–Crippen LogP) is 0.992. The van der Waals surface area contributed by atoms with E-state index < -0.39 is 10.0 Å². The van der Waals surface area contributed by atoms with Crippen LogP contribution < -0.4 is 0 Å². The summed E-state index contributed by atoms with van der Waals surface area (Å²) in [6.07, 6.45) is 0.796. The van der Waals surface area contributed by atoms with Gasteiger partial charge in [0.1, 0.15) is 0 Å². The fraction of sp³-hybridized carbons (Fsp3) is 0.600. The molecule has 1 N–H and O–H groups in total. The van der Waals surface area contributed by atoms with Gasteiger partial charge < -0.3 is 5.11 Å². The standard InChI is InChI=1S/C15H24N2O3S/c1-13-4-5-15(14(2)12-13)21(19,20)17-7-3-6-16(8-9-17)10-11-18/h4-5,12,18H,3,6-11H2,1-2H3. The number of hydrogen-bond donors (Lipinski definition) is 1. The van der Waals surface area contributed by atoms with Crippen molar-refractivity contribution >= 4 is 10.0 Å². The number of sulfonamides is 1. The van der Waals surface area contributed by atoms with E-state index in [0.717, 1.165) is 24.1 Å². The number of aliphatic hydroxyl groups excluding tert-OH is 1. The lowest BCUT2D eigenvalue weighted by Crippen LogP contribution is -2.36. The van der Waals surface area contributed by atoms with Gasteiger partial charge in [0.2, 0.25) is 10.0 Å². The maximum atomic E-state index is 12.8. The lowest BCUT2D eigenvalue weighted by atomic mass is 10.2. The van der Waals surface area contributed by atoms with Crippen molar-refractivity contribution in [3.05, 3.63) is 29.3 Å². The van der Waals surface area contributed by atoms with Crippen molar-refractivity contribution in [1.82, 2.24) is 9.21 Å². The van der Waals surface area contributed by atoms with Crippen molar-refractivity contribution in [3.63, 3.8) is 0 Å². The normalized spacial score (nSPS) is 18.6. The Bertz CT molecular complexity index is 587. The Hall–Kier alpha value is -0.950. The van der Waals surface area contributed by atoms with Crippen molar-refractivity contribution in [2.45, 2.75) is 25.2 Å². The first-order valence-electron chi connectivity index (χ1n) is 7.36. The highest BCUT2D eigenvalue weighted by Gasteiger charge is 2.27. The van der Waals surface area contributed by atoms with E-state index in [2.05, 4.69) is 4.90 Å². The minimum Gasteiger partial charge on any atom is -0.395 e. The molecule has 0 aliphatic carbocycles. The van der Waals surface area contributed by atoms with Crippen LogP contribution in [0.1, 0.15) is 17.5 Å². The summed E-state index contributed by atoms with van der Waals surface area (Å²) in [6, 6.07) is 5.45. The van der Waals surface area contributed by atoms with Crippen LogP contribution in [0.3, 0.4) is 0 Å². The maximum Gasteiger partial charge on any atom is 0.243 e. The molecule has 1 aromatic rings. The fourth-order valence-corrected chi connectivity index (χ4v) is 4.46. The molecule has 1 heterocycles. The van der Waals surface area contributed by atoms with Gasteiger partial charge in [-0.25, -0.2) is 8.42 Å². The molecular weight excluding hydrogens is 288 g/mol. The summed E-state index contributed by atoms with van der Waals surface area (Å²) < 4.78 is 27.2. The largest absolute Gasteiger partial charge is 0.395 e. The van der Waals surface area contributed by atoms with Gasteiger partial charge in [0.15, 0.2) is 0 Å². The van der Waals surface area contributed by atoms with Gasteiger partial charge in [-0.2, -0.15) is 4.31 Å². The van der Waals surface area contributed by atoms with Crippen LogP contribution in [0.15, 0.2) is 23.1 Å². The van der Waals surface area contributed by atoms with Gasteiger partial charge in [0, 0.05) is 26.2 Å². The molecule has 1 aliphatic heterocycles. The van der Waals surface area contributed by atoms with E-state index in [1.807, 2.05) is 26.0 Å². The van der Waals surface area contributed by atoms with Crippen molar-refractivity contribution in [3.8, 4) is 0 Å². The molecule has 0 amide bonds. The lowest BCUT2D eigenvalue weighted by molar-refractivity contribution is 0.202. The van der Waals surface area contributed by atoms with Gasteiger partial charge >= 0.3 is 0 Å². The average Bonchev–Trinajstić information content (AvgIpc) is 2.65. The molecule has 6 heteroatoms. The number of β-amino-alcohol motifs (C(OH)–C–C–N with tert-alkyl or cyclic N) is 1. The number of nitrogens with zero attached hydrogens (tertiary/aromatic N) is 2. The SMILES string of the molecule is Cc1ccc(S(=O)(=O)N2CCCN(CCO)CC2)c(C)c1. The first-order chi connectivity index (χ1) is 9.95. The molecule has 118 valence electrons. The van der Waals surface area contributed by atoms with E-state index in [4.69, 9.17) is 5.11 Å². The summed E-state index contributed by atoms with van der Waals surface area (Å²) in [5.41, 5.74) is 1.86. The summed E-state index contributed by atoms with van der Waals surface area (Å²) in [6.45, 7) is 7.05. The van der Waals surface area contributed by atoms with Gasteiger partial charge in [0.25, 0.3) is 0 Å². The second-order valence-corrected chi connectivity index (χ2v) is 7.50. The molecule has 5 nitrogen and oxygen atoms in total. The van der Waals surface area contributed by atoms with Crippen molar-refractivity contribution in [1.29, 1.82) is 0 Å². The molecule has 0 bridgehead atoms. The summed E-state index contributed by atoms with van der Waals surface area (Å²) >= 11 is 0. The Balaban J connectivity index is 2.19. The number of aliphatic hydroxyl groups is 1. The molecule has 21 heavy (non-hydrogen) atoms. The summed E-state index contributed by atoms with van der Waals surface area (Å²) in [5, 5.41) is 9.00. The van der Waals surface area contributed by atoms with E-state index in [-0.39, 0.29) is 6.61 Å². The molecule has 0 atom stereocenters. The summed E-state index contributed by atoms with van der Waals surface area (Å²) in [4.78, 5) is 2.51. The molecule has 0 spiro atoms. The maximum absolute atomic E-state index is 12.8. The van der Waals surface area contributed by atoms with Gasteiger partial charge in [0.05, 0.1) is 11.5 Å². The number of hydrogen-bond acceptors (Lipinski definition) is 4. The molecule has 1 fully saturated rings. The fourth-order valence-electron chi connectivity index (χ4n) is 2.78. The second kappa shape index (κ2) is 6.87. The zero-order valence-corrected chi connectivity index (χ0v) is 13.6. The van der Waals surface area contributed by atoms with Crippen LogP contribution in [0.5, 0.6) is 0 Å². The highest BCUT2D eigenvalue weighted by atomic mass is 32.2. The molecule has 1 saturated heterocycles. The van der Waals surface area contributed by atoms with Crippen LogP contribution >= 0.6 is 0 Å². The molecule has 0 saturated carbocycles. The monoisotopic (exact) mass is 312 g/mol. The smallest absolute Gasteiger partial charge is 0.243 e. The minimum absolute atomic E-state index is 0.115. The van der Waals surface area contributed by atoms with Crippen LogP contribution in [0.4, 0.5) is 0 Å². The van der Waals surface area contributed by atoms with Crippen LogP contribution in [-0.2, 0) is 10.0 Å². The van der Waals surface area contributed by atoms with E-state index in [9.17, 15) is 8.42 Å². The molecule has 2 rings (SSSR count). The van der Waals surface area contributed by atoms with E-state index >= 15 is 0 Å². The van der Waals surface area contributed by atoms with E-state index in [0.29, 0.717) is 31.1 Å². The third-order valence-corrected chi connectivity index (χ3v) is 5.97. The first kappa shape index (κ1) is 16.4. The van der Waals surface area contributed by atoms with Crippen LogP contribution in [0.2, 0.25) is 0 Å². The van der Waals surface area contributed by atoms with E-state index in [1.165, 1.54) is 0 Å². The number of rotatable bonds is 4. The number of benzene rings is 1. The zero-order valence-electron chi connectivity index (χ0n) is 12.7. The lowest BCUT2D eigenvalue weighted by Gasteiger charge is -2.22. The summed E-state index contributed by atoms with van der Waals surface area (Å²) in [7, 11) is -3.43. The molecule has 1 aliphatic rings. The predicted molar refractivity (Wildman–Crippen MR) is 82.8 cm³/mol. The topological polar surface area (TPSA) is 60.9 Å². The Kier molecular flexibility index (Phi) is 5.37. The van der Waals surface area contributed by atoms with Crippen LogP contribution in [-0.4, -0.2) is 62.1 Å². The van der Waals surface area contributed by atoms with Crippen LogP contribution in [0, 0.1) is 13.8 Å². The van der Waals surface area contributed by atoms with Crippen molar-refractivity contribution in [2.24, 2.45) is 0 Å². The highest BCUT2D eigenvalue weighted by molar-refractivity contribution is 7.89. The Morgan fingerprint density at radius 2 is 1.90 bits per heavy atom. The van der Waals surface area contributed by atoms with Gasteiger partial charge in [-0.05, 0) is 38.4 Å². The Morgan fingerprint density at radius 1 is 1.14 bits per heavy atom. The first-order valence-corrected chi connectivity index (χ1v) is 8.80. The quantitative estimate of drug-likeness (QED) is 0.901. The zero-order chi connectivity index (χ0) is 15.5. The molecule has 0 unspecified atom stereocenters. The summed E-state index contributed by atoms with van der Waals surface area (Å²) in [5.74, 6) is 0. The molecule has 1 aromatic carbocycles. The van der Waals surface area contributed by atoms with Gasteiger partial charge in [-0.3, -0.25) is 4.90 Å². The van der Waals surface area contributed by atoms with Crippen molar-refractivity contribution < 1.29 is 13.5 Å². The number of aryl methyl sites for hydroxylation is 2. The van der Waals surface area contributed by atoms with Gasteiger partial charge in [-0.15, -0.1) is 0 Å². The molecule has 0 radical (unpaired) electrons. The molecule has 0 aromatic heterocycles.